The van der Waals surface area contributed by atoms with Crippen molar-refractivity contribution in [2.75, 3.05) is 5.32 Å². The first-order valence-corrected chi connectivity index (χ1v) is 6.28. The van der Waals surface area contributed by atoms with Gasteiger partial charge in [-0.1, -0.05) is 11.6 Å². The summed E-state index contributed by atoms with van der Waals surface area (Å²) in [5, 5.41) is 12.1. The van der Waals surface area contributed by atoms with E-state index in [9.17, 15) is 4.79 Å². The monoisotopic (exact) mass is 277 g/mol. The van der Waals surface area contributed by atoms with Crippen LogP contribution in [0.5, 0.6) is 0 Å². The van der Waals surface area contributed by atoms with Crippen LogP contribution < -0.4 is 5.32 Å². The lowest BCUT2D eigenvalue weighted by atomic mass is 10.2. The minimum Gasteiger partial charge on any atom is -0.320 e. The van der Waals surface area contributed by atoms with Crippen LogP contribution in [0.1, 0.15) is 20.9 Å². The van der Waals surface area contributed by atoms with Crippen LogP contribution in [0.15, 0.2) is 23.7 Å². The summed E-state index contributed by atoms with van der Waals surface area (Å²) in [5.74, 6) is -0.284. The molecule has 4 nitrogen and oxygen atoms in total. The highest BCUT2D eigenvalue weighted by molar-refractivity contribution is 7.12. The molecule has 0 atom stereocenters. The van der Waals surface area contributed by atoms with E-state index < -0.39 is 0 Å². The number of benzene rings is 1. The van der Waals surface area contributed by atoms with Crippen molar-refractivity contribution in [2.45, 2.75) is 6.92 Å². The van der Waals surface area contributed by atoms with Crippen LogP contribution >= 0.6 is 22.9 Å². The molecule has 6 heteroatoms. The number of carbonyl (C=O) groups is 1. The number of nitrogens with one attached hydrogen (secondary N) is 1. The Morgan fingerprint density at radius 2 is 2.33 bits per heavy atom. The largest absolute Gasteiger partial charge is 0.320 e. The Bertz CT molecular complexity index is 645. The van der Waals surface area contributed by atoms with E-state index in [0.29, 0.717) is 26.8 Å². The van der Waals surface area contributed by atoms with Gasteiger partial charge in [-0.3, -0.25) is 4.79 Å². The van der Waals surface area contributed by atoms with E-state index in [1.54, 1.807) is 30.6 Å². The fraction of sp³-hybridized carbons (Fsp3) is 0.0833. The zero-order chi connectivity index (χ0) is 13.1. The van der Waals surface area contributed by atoms with Gasteiger partial charge in [-0.05, 0) is 25.1 Å². The van der Waals surface area contributed by atoms with Gasteiger partial charge in [-0.25, -0.2) is 4.98 Å². The second kappa shape index (κ2) is 5.17. The molecular formula is C12H8ClN3OS. The fourth-order valence-electron chi connectivity index (χ4n) is 1.42. The molecule has 0 spiro atoms. The van der Waals surface area contributed by atoms with Crippen LogP contribution in [-0.2, 0) is 0 Å². The summed E-state index contributed by atoms with van der Waals surface area (Å²) < 4.78 is 0. The lowest BCUT2D eigenvalue weighted by Gasteiger charge is -2.06. The van der Waals surface area contributed by atoms with E-state index in [1.165, 1.54) is 11.3 Å². The summed E-state index contributed by atoms with van der Waals surface area (Å²) in [6.07, 6.45) is 0. The van der Waals surface area contributed by atoms with Crippen LogP contribution in [0.3, 0.4) is 0 Å². The summed E-state index contributed by atoms with van der Waals surface area (Å²) >= 11 is 7.10. The lowest BCUT2D eigenvalue weighted by Crippen LogP contribution is -2.12. The highest BCUT2D eigenvalue weighted by Gasteiger charge is 2.13. The Morgan fingerprint density at radius 3 is 2.94 bits per heavy atom. The van der Waals surface area contributed by atoms with Gasteiger partial charge in [0.25, 0.3) is 5.91 Å². The maximum Gasteiger partial charge on any atom is 0.267 e. The van der Waals surface area contributed by atoms with Crippen molar-refractivity contribution in [3.8, 4) is 6.07 Å². The Morgan fingerprint density at radius 1 is 1.56 bits per heavy atom. The van der Waals surface area contributed by atoms with Crippen LogP contribution in [-0.4, -0.2) is 10.9 Å². The molecule has 0 bridgehead atoms. The van der Waals surface area contributed by atoms with Crippen LogP contribution in [0.4, 0.5) is 5.69 Å². The molecule has 2 aromatic rings. The zero-order valence-electron chi connectivity index (χ0n) is 9.40. The Balaban J connectivity index is 2.30. The number of rotatable bonds is 2. The van der Waals surface area contributed by atoms with Gasteiger partial charge in [0.15, 0.2) is 0 Å². The molecule has 1 aromatic carbocycles. The molecule has 0 fully saturated rings. The van der Waals surface area contributed by atoms with E-state index in [0.717, 1.165) is 0 Å². The molecule has 0 saturated heterocycles. The average molecular weight is 278 g/mol. The Kier molecular flexibility index (Phi) is 3.60. The number of thiazole rings is 1. The molecule has 0 saturated carbocycles. The van der Waals surface area contributed by atoms with Crippen molar-refractivity contribution in [3.05, 3.63) is 44.9 Å². The van der Waals surface area contributed by atoms with Crippen molar-refractivity contribution in [1.29, 1.82) is 5.26 Å². The van der Waals surface area contributed by atoms with E-state index in [1.807, 2.05) is 6.07 Å². The summed E-state index contributed by atoms with van der Waals surface area (Å²) in [5.41, 5.74) is 3.05. The molecule has 0 aliphatic heterocycles. The highest BCUT2D eigenvalue weighted by Crippen LogP contribution is 2.22. The van der Waals surface area contributed by atoms with Crippen LogP contribution in [0, 0.1) is 18.3 Å². The molecule has 1 amide bonds. The molecule has 1 N–H and O–H groups in total. The minimum atomic E-state index is -0.284. The van der Waals surface area contributed by atoms with Gasteiger partial charge in [0.2, 0.25) is 0 Å². The molecule has 1 aromatic heterocycles. The fourth-order valence-corrected chi connectivity index (χ4v) is 2.29. The van der Waals surface area contributed by atoms with Crippen molar-refractivity contribution in [1.82, 2.24) is 4.98 Å². The highest BCUT2D eigenvalue weighted by atomic mass is 35.5. The average Bonchev–Trinajstić information content (AvgIpc) is 2.76. The molecule has 2 rings (SSSR count). The number of carbonyl (C=O) groups excluding carboxylic acids is 1. The third-order valence-electron chi connectivity index (χ3n) is 2.30. The van der Waals surface area contributed by atoms with Gasteiger partial charge in [0.1, 0.15) is 10.9 Å². The van der Waals surface area contributed by atoms with Crippen LogP contribution in [0.2, 0.25) is 5.02 Å². The van der Waals surface area contributed by atoms with Gasteiger partial charge >= 0.3 is 0 Å². The molecule has 18 heavy (non-hydrogen) atoms. The number of nitriles is 1. The SMILES string of the molecule is Cc1ncsc1C(=O)Nc1cc(Cl)ccc1C#N. The molecule has 0 unspecified atom stereocenters. The number of aryl methyl sites for hydroxylation is 1. The molecule has 90 valence electrons. The number of hydrogen-bond acceptors (Lipinski definition) is 4. The van der Waals surface area contributed by atoms with Gasteiger partial charge < -0.3 is 5.32 Å². The van der Waals surface area contributed by atoms with Gasteiger partial charge in [0.05, 0.1) is 22.5 Å². The number of halogens is 1. The topological polar surface area (TPSA) is 65.8 Å². The molecule has 0 radical (unpaired) electrons. The van der Waals surface area contributed by atoms with E-state index >= 15 is 0 Å². The summed E-state index contributed by atoms with van der Waals surface area (Å²) in [7, 11) is 0. The zero-order valence-corrected chi connectivity index (χ0v) is 11.0. The minimum absolute atomic E-state index is 0.284. The lowest BCUT2D eigenvalue weighted by molar-refractivity contribution is 0.103. The van der Waals surface area contributed by atoms with Gasteiger partial charge in [-0.2, -0.15) is 5.26 Å². The van der Waals surface area contributed by atoms with Crippen LogP contribution in [0.25, 0.3) is 0 Å². The van der Waals surface area contributed by atoms with Crippen molar-refractivity contribution >= 4 is 34.5 Å². The number of hydrogen-bond donors (Lipinski definition) is 1. The summed E-state index contributed by atoms with van der Waals surface area (Å²) in [6.45, 7) is 1.76. The van der Waals surface area contributed by atoms with Gasteiger partial charge in [0, 0.05) is 5.02 Å². The van der Waals surface area contributed by atoms with Gasteiger partial charge in [-0.15, -0.1) is 11.3 Å². The smallest absolute Gasteiger partial charge is 0.267 e. The number of amides is 1. The predicted molar refractivity (Wildman–Crippen MR) is 71.0 cm³/mol. The maximum atomic E-state index is 12.0. The molecule has 1 heterocycles. The molecule has 0 aliphatic rings. The third-order valence-corrected chi connectivity index (χ3v) is 3.46. The summed E-state index contributed by atoms with van der Waals surface area (Å²) in [4.78, 5) is 16.5. The Labute approximate surface area is 113 Å². The van der Waals surface area contributed by atoms with Crippen molar-refractivity contribution < 1.29 is 4.79 Å². The molecule has 0 aliphatic carbocycles. The van der Waals surface area contributed by atoms with Crippen molar-refractivity contribution in [3.63, 3.8) is 0 Å². The third kappa shape index (κ3) is 2.50. The number of anilines is 1. The standard InChI is InChI=1S/C12H8ClN3OS/c1-7-11(18-6-15-7)12(17)16-10-4-9(13)3-2-8(10)5-14/h2-4,6H,1H3,(H,16,17). The first kappa shape index (κ1) is 12.6. The second-order valence-corrected chi connectivity index (χ2v) is 4.81. The van der Waals surface area contributed by atoms with E-state index in [4.69, 9.17) is 16.9 Å². The quantitative estimate of drug-likeness (QED) is 0.916. The first-order chi connectivity index (χ1) is 8.61. The summed E-state index contributed by atoms with van der Waals surface area (Å²) in [6, 6.07) is 6.72. The van der Waals surface area contributed by atoms with Crippen molar-refractivity contribution in [2.24, 2.45) is 0 Å². The first-order valence-electron chi connectivity index (χ1n) is 5.03. The Hall–Kier alpha value is -1.90. The number of aromatic nitrogens is 1. The normalized spacial score (nSPS) is 9.83. The second-order valence-electron chi connectivity index (χ2n) is 3.52. The predicted octanol–water partition coefficient (Wildman–Crippen LogP) is 3.23. The maximum absolute atomic E-state index is 12.0. The number of nitrogens with zero attached hydrogens (tertiary/aromatic N) is 2. The molecular weight excluding hydrogens is 270 g/mol. The van der Waals surface area contributed by atoms with E-state index in [2.05, 4.69) is 10.3 Å². The van der Waals surface area contributed by atoms with E-state index in [-0.39, 0.29) is 5.91 Å².